The molecule has 4 nitrogen and oxygen atoms in total. The molecule has 1 heterocycles. The summed E-state index contributed by atoms with van der Waals surface area (Å²) in [5.41, 5.74) is 6.08. The number of anilines is 1. The summed E-state index contributed by atoms with van der Waals surface area (Å²) in [6.45, 7) is 3.68. The fraction of sp³-hybridized carbons (Fsp3) is 0.429. The van der Waals surface area contributed by atoms with Crippen LogP contribution in [0.3, 0.4) is 0 Å². The maximum Gasteiger partial charge on any atom is 0.321 e. The Morgan fingerprint density at radius 3 is 2.70 bits per heavy atom. The lowest BCUT2D eigenvalue weighted by Crippen LogP contribution is -2.40. The van der Waals surface area contributed by atoms with Gasteiger partial charge >= 0.3 is 6.03 Å². The van der Waals surface area contributed by atoms with Gasteiger partial charge in [0.2, 0.25) is 0 Å². The molecule has 0 atom stereocenters. The first-order valence-corrected chi connectivity index (χ1v) is 7.03. The number of piperidine rings is 1. The van der Waals surface area contributed by atoms with Crippen molar-refractivity contribution in [1.82, 2.24) is 4.90 Å². The molecule has 0 aromatic heterocycles. The van der Waals surface area contributed by atoms with Crippen LogP contribution in [0.4, 0.5) is 14.9 Å². The number of benzene rings is 1. The number of halogens is 1. The Labute approximate surface area is 123 Å². The molecule has 1 fully saturated rings. The number of nitrogens with one attached hydrogen (secondary N) is 1. The second kappa shape index (κ2) is 6.17. The molecule has 2 rings (SSSR count). The highest BCUT2D eigenvalue weighted by Gasteiger charge is 2.20. The van der Waals surface area contributed by atoms with Crippen molar-refractivity contribution in [3.8, 4) is 0 Å². The van der Waals surface area contributed by atoms with E-state index in [0.29, 0.717) is 11.6 Å². The summed E-state index contributed by atoms with van der Waals surface area (Å²) < 4.78 is 13.5. The quantitative estimate of drug-likeness (QED) is 0.825. The van der Waals surface area contributed by atoms with Crippen molar-refractivity contribution < 1.29 is 9.18 Å². The highest BCUT2D eigenvalue weighted by atomic mass is 32.1. The molecule has 2 amide bonds. The normalized spacial score (nSPS) is 16.0. The first-order valence-electron chi connectivity index (χ1n) is 6.62. The van der Waals surface area contributed by atoms with Crippen LogP contribution in [0.25, 0.3) is 0 Å². The zero-order chi connectivity index (χ0) is 14.7. The predicted octanol–water partition coefficient (Wildman–Crippen LogP) is 2.72. The average Bonchev–Trinajstić information content (AvgIpc) is 2.41. The summed E-state index contributed by atoms with van der Waals surface area (Å²) in [4.78, 5) is 13.8. The van der Waals surface area contributed by atoms with Crippen LogP contribution in [0.1, 0.15) is 25.3 Å². The van der Waals surface area contributed by atoms with Gasteiger partial charge in [0, 0.05) is 24.3 Å². The number of thiocarbonyl (C=S) groups is 1. The Balaban J connectivity index is 2.04. The first-order chi connectivity index (χ1) is 9.47. The molecule has 0 aliphatic carbocycles. The van der Waals surface area contributed by atoms with Crippen LogP contribution in [0, 0.1) is 11.7 Å². The van der Waals surface area contributed by atoms with Gasteiger partial charge in [-0.3, -0.25) is 0 Å². The maximum atomic E-state index is 13.5. The van der Waals surface area contributed by atoms with E-state index < -0.39 is 5.82 Å². The Morgan fingerprint density at radius 2 is 2.10 bits per heavy atom. The molecule has 1 aromatic carbocycles. The number of rotatable bonds is 2. The van der Waals surface area contributed by atoms with Crippen LogP contribution < -0.4 is 11.1 Å². The van der Waals surface area contributed by atoms with Crippen molar-refractivity contribution in [1.29, 1.82) is 0 Å². The third kappa shape index (κ3) is 3.45. The molecule has 1 aromatic rings. The van der Waals surface area contributed by atoms with Gasteiger partial charge in [0.25, 0.3) is 0 Å². The number of amides is 2. The second-order valence-electron chi connectivity index (χ2n) is 5.16. The van der Waals surface area contributed by atoms with E-state index in [-0.39, 0.29) is 16.6 Å². The average molecular weight is 295 g/mol. The zero-order valence-electron chi connectivity index (χ0n) is 11.4. The molecule has 0 saturated carbocycles. The number of nitrogens with two attached hydrogens (primary N) is 1. The molecular weight excluding hydrogens is 277 g/mol. The van der Waals surface area contributed by atoms with E-state index in [9.17, 15) is 9.18 Å². The molecule has 108 valence electrons. The van der Waals surface area contributed by atoms with Crippen molar-refractivity contribution in [3.63, 3.8) is 0 Å². The molecule has 0 bridgehead atoms. The SMILES string of the molecule is CC1CCN(C(=O)Nc2ccc(F)c(C(N)=S)c2)CC1. The molecule has 6 heteroatoms. The number of hydrogen-bond acceptors (Lipinski definition) is 2. The van der Waals surface area contributed by atoms with E-state index in [1.165, 1.54) is 18.2 Å². The summed E-state index contributed by atoms with van der Waals surface area (Å²) >= 11 is 4.78. The van der Waals surface area contributed by atoms with Crippen molar-refractivity contribution in [3.05, 3.63) is 29.6 Å². The van der Waals surface area contributed by atoms with Crippen LogP contribution in [0.2, 0.25) is 0 Å². The van der Waals surface area contributed by atoms with E-state index in [1.807, 2.05) is 0 Å². The van der Waals surface area contributed by atoms with E-state index in [1.54, 1.807) is 4.90 Å². The first kappa shape index (κ1) is 14.7. The highest BCUT2D eigenvalue weighted by Crippen LogP contribution is 2.19. The fourth-order valence-electron chi connectivity index (χ4n) is 2.21. The molecule has 0 spiro atoms. The van der Waals surface area contributed by atoms with Gasteiger partial charge in [0.05, 0.1) is 0 Å². The molecule has 20 heavy (non-hydrogen) atoms. The molecule has 0 unspecified atom stereocenters. The minimum Gasteiger partial charge on any atom is -0.389 e. The lowest BCUT2D eigenvalue weighted by Gasteiger charge is -2.30. The second-order valence-corrected chi connectivity index (χ2v) is 5.60. The van der Waals surface area contributed by atoms with E-state index in [4.69, 9.17) is 18.0 Å². The zero-order valence-corrected chi connectivity index (χ0v) is 12.2. The predicted molar refractivity (Wildman–Crippen MR) is 81.3 cm³/mol. The van der Waals surface area contributed by atoms with Crippen molar-refractivity contribution in [2.75, 3.05) is 18.4 Å². The van der Waals surface area contributed by atoms with Gasteiger partial charge < -0.3 is 16.0 Å². The topological polar surface area (TPSA) is 58.4 Å². The standard InChI is InChI=1S/C14H18FN3OS/c1-9-4-6-18(7-5-9)14(19)17-10-2-3-12(15)11(8-10)13(16)20/h2-3,8-9H,4-7H2,1H3,(H2,16,20)(H,17,19). The van der Waals surface area contributed by atoms with E-state index in [0.717, 1.165) is 25.9 Å². The fourth-order valence-corrected chi connectivity index (χ4v) is 2.36. The summed E-state index contributed by atoms with van der Waals surface area (Å²) in [5, 5.41) is 2.75. The van der Waals surface area contributed by atoms with E-state index in [2.05, 4.69) is 12.2 Å². The minimum atomic E-state index is -0.484. The number of carbonyl (C=O) groups is 1. The van der Waals surface area contributed by atoms with E-state index >= 15 is 0 Å². The van der Waals surface area contributed by atoms with Gasteiger partial charge in [-0.1, -0.05) is 19.1 Å². The van der Waals surface area contributed by atoms with Crippen molar-refractivity contribution in [2.24, 2.45) is 11.7 Å². The monoisotopic (exact) mass is 295 g/mol. The summed E-state index contributed by atoms with van der Waals surface area (Å²) in [7, 11) is 0. The number of hydrogen-bond donors (Lipinski definition) is 2. The highest BCUT2D eigenvalue weighted by molar-refractivity contribution is 7.80. The van der Waals surface area contributed by atoms with Crippen LogP contribution in [0.5, 0.6) is 0 Å². The molecular formula is C14H18FN3OS. The Kier molecular flexibility index (Phi) is 4.54. The van der Waals surface area contributed by atoms with Gasteiger partial charge in [-0.2, -0.15) is 0 Å². The number of urea groups is 1. The number of likely N-dealkylation sites (tertiary alicyclic amines) is 1. The molecule has 1 aliphatic rings. The third-order valence-corrected chi connectivity index (χ3v) is 3.77. The van der Waals surface area contributed by atoms with Crippen LogP contribution >= 0.6 is 12.2 Å². The Morgan fingerprint density at radius 1 is 1.45 bits per heavy atom. The lowest BCUT2D eigenvalue weighted by molar-refractivity contribution is 0.186. The molecule has 1 saturated heterocycles. The largest absolute Gasteiger partial charge is 0.389 e. The van der Waals surface area contributed by atoms with Crippen LogP contribution in [0.15, 0.2) is 18.2 Å². The molecule has 3 N–H and O–H groups in total. The van der Waals surface area contributed by atoms with Gasteiger partial charge in [-0.25, -0.2) is 9.18 Å². The molecule has 0 radical (unpaired) electrons. The smallest absolute Gasteiger partial charge is 0.321 e. The van der Waals surface area contributed by atoms with Gasteiger partial charge in [-0.05, 0) is 37.0 Å². The van der Waals surface area contributed by atoms with Gasteiger partial charge in [0.1, 0.15) is 10.8 Å². The summed E-state index contributed by atoms with van der Waals surface area (Å²) in [6, 6.07) is 4.05. The van der Waals surface area contributed by atoms with Crippen LogP contribution in [-0.4, -0.2) is 29.0 Å². The lowest BCUT2D eigenvalue weighted by atomic mass is 10.00. The number of nitrogens with zero attached hydrogens (tertiary/aromatic N) is 1. The minimum absolute atomic E-state index is 0.0228. The Hall–Kier alpha value is -1.69. The Bertz CT molecular complexity index is 527. The van der Waals surface area contributed by atoms with Gasteiger partial charge in [-0.15, -0.1) is 0 Å². The maximum absolute atomic E-state index is 13.5. The summed E-state index contributed by atoms with van der Waals surface area (Å²) in [6.07, 6.45) is 2.02. The molecule has 1 aliphatic heterocycles. The number of carbonyl (C=O) groups excluding carboxylic acids is 1. The van der Waals surface area contributed by atoms with Crippen LogP contribution in [-0.2, 0) is 0 Å². The summed E-state index contributed by atoms with van der Waals surface area (Å²) in [5.74, 6) is 0.174. The third-order valence-electron chi connectivity index (χ3n) is 3.55. The van der Waals surface area contributed by atoms with Crippen molar-refractivity contribution >= 4 is 28.9 Å². The van der Waals surface area contributed by atoms with Gasteiger partial charge in [0.15, 0.2) is 0 Å². The van der Waals surface area contributed by atoms with Crippen molar-refractivity contribution in [2.45, 2.75) is 19.8 Å².